The van der Waals surface area contributed by atoms with Crippen LogP contribution in [0.5, 0.6) is 11.5 Å². The van der Waals surface area contributed by atoms with Gasteiger partial charge in [0.2, 0.25) is 5.76 Å². The summed E-state index contributed by atoms with van der Waals surface area (Å²) in [6.07, 6.45) is 2.71. The lowest BCUT2D eigenvalue weighted by Gasteiger charge is -2.04. The van der Waals surface area contributed by atoms with Crippen LogP contribution in [0.1, 0.15) is 10.5 Å². The van der Waals surface area contributed by atoms with Crippen molar-refractivity contribution in [2.24, 2.45) is 0 Å². The molecule has 7 nitrogen and oxygen atoms in total. The molecule has 0 radical (unpaired) electrons. The molecule has 0 spiro atoms. The van der Waals surface area contributed by atoms with Crippen LogP contribution in [0.15, 0.2) is 82.2 Å². The van der Waals surface area contributed by atoms with E-state index in [1.165, 1.54) is 24.0 Å². The Labute approximate surface area is 168 Å². The summed E-state index contributed by atoms with van der Waals surface area (Å²) in [6.45, 7) is 0. The molecule has 0 aliphatic rings. The average molecular weight is 403 g/mol. The molecule has 0 saturated carbocycles. The molecule has 29 heavy (non-hydrogen) atoms. The largest absolute Gasteiger partial charge is 0.461 e. The Kier molecular flexibility index (Phi) is 4.30. The number of hydrogen-bond acceptors (Lipinski definition) is 7. The summed E-state index contributed by atoms with van der Waals surface area (Å²) >= 11 is 1.35. The molecule has 2 aromatic carbocycles. The normalized spacial score (nSPS) is 10.9. The van der Waals surface area contributed by atoms with E-state index in [9.17, 15) is 4.79 Å². The van der Waals surface area contributed by atoms with Gasteiger partial charge in [0.1, 0.15) is 11.5 Å². The summed E-state index contributed by atoms with van der Waals surface area (Å²) in [5.74, 6) is 1.72. The van der Waals surface area contributed by atoms with Gasteiger partial charge < -0.3 is 13.6 Å². The number of carbonyl (C=O) groups is 1. The number of benzene rings is 2. The fourth-order valence-corrected chi connectivity index (χ4v) is 3.68. The maximum Gasteiger partial charge on any atom is 0.280 e. The van der Waals surface area contributed by atoms with Gasteiger partial charge in [0, 0.05) is 6.07 Å². The molecule has 0 aliphatic carbocycles. The number of fused-ring (bicyclic) bond motifs is 1. The Morgan fingerprint density at radius 1 is 1.00 bits per heavy atom. The summed E-state index contributed by atoms with van der Waals surface area (Å²) in [7, 11) is 0. The number of aromatic nitrogens is 2. The third-order valence-corrected chi connectivity index (χ3v) is 5.02. The molecule has 1 N–H and O–H groups in total. The topological polar surface area (TPSA) is 90.4 Å². The fourth-order valence-electron chi connectivity index (χ4n) is 2.79. The molecule has 0 unspecified atom stereocenters. The lowest BCUT2D eigenvalue weighted by molar-refractivity contribution is 0.102. The zero-order chi connectivity index (χ0) is 19.6. The fraction of sp³-hybridized carbons (Fsp3) is 0. The molecular weight excluding hydrogens is 390 g/mol. The van der Waals surface area contributed by atoms with E-state index in [4.69, 9.17) is 13.6 Å². The Morgan fingerprint density at radius 2 is 1.90 bits per heavy atom. The first-order chi connectivity index (χ1) is 14.3. The highest BCUT2D eigenvalue weighted by atomic mass is 32.1. The van der Waals surface area contributed by atoms with Gasteiger partial charge in [-0.15, -0.1) is 0 Å². The average Bonchev–Trinajstić information content (AvgIpc) is 3.48. The molecule has 0 saturated heterocycles. The van der Waals surface area contributed by atoms with Gasteiger partial charge in [0.05, 0.1) is 16.5 Å². The van der Waals surface area contributed by atoms with Gasteiger partial charge in [-0.25, -0.2) is 9.97 Å². The minimum atomic E-state index is -0.426. The van der Waals surface area contributed by atoms with Crippen LogP contribution in [0.3, 0.4) is 0 Å². The van der Waals surface area contributed by atoms with E-state index in [-0.39, 0.29) is 11.5 Å². The maximum atomic E-state index is 12.6. The van der Waals surface area contributed by atoms with Crippen molar-refractivity contribution in [2.75, 3.05) is 5.32 Å². The highest BCUT2D eigenvalue weighted by Crippen LogP contribution is 2.32. The smallest absolute Gasteiger partial charge is 0.280 e. The van der Waals surface area contributed by atoms with Crippen molar-refractivity contribution in [2.45, 2.75) is 0 Å². The lowest BCUT2D eigenvalue weighted by atomic mass is 10.2. The van der Waals surface area contributed by atoms with Crippen molar-refractivity contribution in [3.8, 4) is 23.0 Å². The number of nitrogens with zero attached hydrogens (tertiary/aromatic N) is 2. The van der Waals surface area contributed by atoms with Crippen LogP contribution in [0, 0.1) is 0 Å². The summed E-state index contributed by atoms with van der Waals surface area (Å²) in [4.78, 5) is 21.1. The molecule has 0 bridgehead atoms. The first-order valence-electron chi connectivity index (χ1n) is 8.68. The number of amides is 1. The molecule has 5 rings (SSSR count). The number of para-hydroxylation sites is 1. The Hall–Kier alpha value is -3.91. The van der Waals surface area contributed by atoms with Gasteiger partial charge in [0.15, 0.2) is 23.0 Å². The zero-order valence-corrected chi connectivity index (χ0v) is 15.7. The van der Waals surface area contributed by atoms with E-state index in [0.717, 1.165) is 16.0 Å². The molecule has 8 heteroatoms. The number of rotatable bonds is 5. The molecule has 0 aliphatic heterocycles. The third kappa shape index (κ3) is 3.48. The van der Waals surface area contributed by atoms with Crippen molar-refractivity contribution in [3.63, 3.8) is 0 Å². The number of ether oxygens (including phenoxy) is 1. The van der Waals surface area contributed by atoms with Crippen LogP contribution in [0.2, 0.25) is 0 Å². The second-order valence-electron chi connectivity index (χ2n) is 6.03. The van der Waals surface area contributed by atoms with E-state index in [1.54, 1.807) is 12.1 Å². The second-order valence-corrected chi connectivity index (χ2v) is 7.06. The Morgan fingerprint density at radius 3 is 2.72 bits per heavy atom. The van der Waals surface area contributed by atoms with Gasteiger partial charge in [-0.1, -0.05) is 29.5 Å². The number of carbonyl (C=O) groups excluding carboxylic acids is 1. The van der Waals surface area contributed by atoms with E-state index >= 15 is 0 Å². The summed E-state index contributed by atoms with van der Waals surface area (Å²) in [5.41, 5.74) is 0.893. The van der Waals surface area contributed by atoms with Crippen molar-refractivity contribution in [1.29, 1.82) is 0 Å². The number of furan rings is 1. The molecule has 5 aromatic rings. The van der Waals surface area contributed by atoms with Crippen LogP contribution in [-0.2, 0) is 0 Å². The molecular formula is C21H13N3O4S. The van der Waals surface area contributed by atoms with E-state index in [0.29, 0.717) is 16.6 Å². The number of hydrogen-bond donors (Lipinski definition) is 1. The standard InChI is InChI=1S/C21H13N3O4S/c25-20(18-19(27-12-22-18)16-7-4-10-26-16)24-21-23-15-9-8-14(11-17(15)29-21)28-13-5-2-1-3-6-13/h1-12H,(H,23,24,25). The first kappa shape index (κ1) is 17.2. The predicted octanol–water partition coefficient (Wildman–Crippen LogP) is 5.59. The number of oxazole rings is 1. The van der Waals surface area contributed by atoms with Gasteiger partial charge in [-0.3, -0.25) is 10.1 Å². The molecule has 0 atom stereocenters. The minimum absolute atomic E-state index is 0.132. The molecule has 0 fully saturated rings. The number of nitrogens with one attached hydrogen (secondary N) is 1. The van der Waals surface area contributed by atoms with Crippen LogP contribution >= 0.6 is 11.3 Å². The second kappa shape index (κ2) is 7.25. The third-order valence-electron chi connectivity index (χ3n) is 4.09. The van der Waals surface area contributed by atoms with Crippen LogP contribution in [0.25, 0.3) is 21.7 Å². The van der Waals surface area contributed by atoms with E-state index in [1.807, 2.05) is 48.5 Å². The molecule has 1 amide bonds. The van der Waals surface area contributed by atoms with Crippen LogP contribution < -0.4 is 10.1 Å². The van der Waals surface area contributed by atoms with Crippen molar-refractivity contribution in [1.82, 2.24) is 9.97 Å². The maximum absolute atomic E-state index is 12.6. The Bertz CT molecular complexity index is 1280. The van der Waals surface area contributed by atoms with Crippen molar-refractivity contribution >= 4 is 32.6 Å². The monoisotopic (exact) mass is 403 g/mol. The minimum Gasteiger partial charge on any atom is -0.461 e. The summed E-state index contributed by atoms with van der Waals surface area (Å²) in [6, 6.07) is 18.5. The van der Waals surface area contributed by atoms with Gasteiger partial charge >= 0.3 is 0 Å². The van der Waals surface area contributed by atoms with Gasteiger partial charge in [0.25, 0.3) is 5.91 Å². The SMILES string of the molecule is O=C(Nc1nc2ccc(Oc3ccccc3)cc2s1)c1ncoc1-c1ccco1. The predicted molar refractivity (Wildman–Crippen MR) is 108 cm³/mol. The summed E-state index contributed by atoms with van der Waals surface area (Å²) < 4.78 is 17.3. The Balaban J connectivity index is 1.37. The lowest BCUT2D eigenvalue weighted by Crippen LogP contribution is -2.13. The van der Waals surface area contributed by atoms with E-state index < -0.39 is 5.91 Å². The molecule has 142 valence electrons. The number of anilines is 1. The highest BCUT2D eigenvalue weighted by molar-refractivity contribution is 7.22. The van der Waals surface area contributed by atoms with Crippen molar-refractivity contribution in [3.05, 3.63) is 79.0 Å². The number of thiazole rings is 1. The highest BCUT2D eigenvalue weighted by Gasteiger charge is 2.21. The molecule has 3 aromatic heterocycles. The quantitative estimate of drug-likeness (QED) is 0.411. The van der Waals surface area contributed by atoms with Crippen molar-refractivity contribution < 1.29 is 18.4 Å². The first-order valence-corrected chi connectivity index (χ1v) is 9.50. The molecule has 3 heterocycles. The summed E-state index contributed by atoms with van der Waals surface area (Å²) in [5, 5.41) is 3.22. The van der Waals surface area contributed by atoms with Gasteiger partial charge in [-0.2, -0.15) is 0 Å². The zero-order valence-electron chi connectivity index (χ0n) is 14.9. The van der Waals surface area contributed by atoms with Crippen LogP contribution in [-0.4, -0.2) is 15.9 Å². The van der Waals surface area contributed by atoms with E-state index in [2.05, 4.69) is 15.3 Å². The van der Waals surface area contributed by atoms with Crippen LogP contribution in [0.4, 0.5) is 5.13 Å². The van der Waals surface area contributed by atoms with Gasteiger partial charge in [-0.05, 0) is 36.4 Å².